The third kappa shape index (κ3) is 3.09. The summed E-state index contributed by atoms with van der Waals surface area (Å²) in [7, 11) is 0. The molecule has 0 aromatic heterocycles. The summed E-state index contributed by atoms with van der Waals surface area (Å²) in [6, 6.07) is 0.102. The molecule has 0 bridgehead atoms. The van der Waals surface area contributed by atoms with Gasteiger partial charge in [0.15, 0.2) is 0 Å². The van der Waals surface area contributed by atoms with Gasteiger partial charge >= 0.3 is 6.03 Å². The Balaban J connectivity index is 1.58. The summed E-state index contributed by atoms with van der Waals surface area (Å²) < 4.78 is 5.50. The minimum Gasteiger partial charge on any atom is -0.378 e. The number of nitrogens with one attached hydrogen (secondary N) is 1. The van der Waals surface area contributed by atoms with Crippen LogP contribution in [0, 0.1) is 0 Å². The minimum atomic E-state index is 0.102. The molecule has 2 heterocycles. The molecule has 2 rings (SSSR count). The summed E-state index contributed by atoms with van der Waals surface area (Å²) in [5, 5.41) is 2.96. The van der Waals surface area contributed by atoms with Crippen molar-refractivity contribution in [1.82, 2.24) is 10.2 Å². The van der Waals surface area contributed by atoms with Gasteiger partial charge in [-0.1, -0.05) is 0 Å². The van der Waals surface area contributed by atoms with Crippen LogP contribution in [0.3, 0.4) is 0 Å². The van der Waals surface area contributed by atoms with Gasteiger partial charge in [-0.15, -0.1) is 0 Å². The predicted octanol–water partition coefficient (Wildman–Crippen LogP) is 1.36. The van der Waals surface area contributed by atoms with Crippen LogP contribution in [-0.2, 0) is 4.74 Å². The van der Waals surface area contributed by atoms with E-state index in [1.54, 1.807) is 0 Å². The van der Waals surface area contributed by atoms with Crippen molar-refractivity contribution < 1.29 is 9.53 Å². The topological polar surface area (TPSA) is 41.6 Å². The van der Waals surface area contributed by atoms with Crippen LogP contribution >= 0.6 is 0 Å². The number of rotatable bonds is 3. The van der Waals surface area contributed by atoms with Gasteiger partial charge in [-0.3, -0.25) is 0 Å². The van der Waals surface area contributed by atoms with Crippen LogP contribution in [0.1, 0.15) is 32.1 Å². The van der Waals surface area contributed by atoms with E-state index in [4.69, 9.17) is 4.74 Å². The molecule has 2 saturated heterocycles. The van der Waals surface area contributed by atoms with E-state index in [2.05, 4.69) is 5.32 Å². The van der Waals surface area contributed by atoms with Crippen molar-refractivity contribution >= 4 is 6.03 Å². The Bertz CT molecular complexity index is 209. The molecule has 2 fully saturated rings. The van der Waals surface area contributed by atoms with E-state index in [0.29, 0.717) is 6.10 Å². The van der Waals surface area contributed by atoms with E-state index < -0.39 is 0 Å². The first kappa shape index (κ1) is 10.7. The molecule has 0 saturated carbocycles. The lowest BCUT2D eigenvalue weighted by molar-refractivity contribution is 0.104. The highest BCUT2D eigenvalue weighted by molar-refractivity contribution is 5.74. The monoisotopic (exact) mass is 212 g/mol. The fraction of sp³-hybridized carbons (Fsp3) is 0.909. The summed E-state index contributed by atoms with van der Waals surface area (Å²) in [6.07, 6.45) is 5.96. The molecule has 4 nitrogen and oxygen atoms in total. The SMILES string of the molecule is O=C(NCCC1CCCO1)N1CCCC1. The van der Waals surface area contributed by atoms with E-state index in [9.17, 15) is 4.79 Å². The molecule has 1 N–H and O–H groups in total. The van der Waals surface area contributed by atoms with E-state index in [1.807, 2.05) is 4.90 Å². The van der Waals surface area contributed by atoms with E-state index in [-0.39, 0.29) is 6.03 Å². The van der Waals surface area contributed by atoms with Gasteiger partial charge in [-0.2, -0.15) is 0 Å². The average Bonchev–Trinajstić information content (AvgIpc) is 2.90. The Morgan fingerprint density at radius 2 is 2.13 bits per heavy atom. The van der Waals surface area contributed by atoms with E-state index >= 15 is 0 Å². The Morgan fingerprint density at radius 3 is 2.80 bits per heavy atom. The van der Waals surface area contributed by atoms with Crippen LogP contribution < -0.4 is 5.32 Å². The Kier molecular flexibility index (Phi) is 3.83. The Hall–Kier alpha value is -0.770. The van der Waals surface area contributed by atoms with E-state index in [1.165, 1.54) is 6.42 Å². The van der Waals surface area contributed by atoms with Crippen molar-refractivity contribution in [2.75, 3.05) is 26.2 Å². The van der Waals surface area contributed by atoms with Crippen LogP contribution in [0.2, 0.25) is 0 Å². The lowest BCUT2D eigenvalue weighted by atomic mass is 10.2. The molecule has 0 aliphatic carbocycles. The molecule has 4 heteroatoms. The van der Waals surface area contributed by atoms with Crippen LogP contribution in [0.5, 0.6) is 0 Å². The summed E-state index contributed by atoms with van der Waals surface area (Å²) in [5.74, 6) is 0. The molecule has 15 heavy (non-hydrogen) atoms. The third-order valence-electron chi connectivity index (χ3n) is 3.16. The highest BCUT2D eigenvalue weighted by Crippen LogP contribution is 2.14. The van der Waals surface area contributed by atoms with Gasteiger partial charge in [-0.05, 0) is 32.1 Å². The van der Waals surface area contributed by atoms with Crippen molar-refractivity contribution in [2.45, 2.75) is 38.2 Å². The van der Waals surface area contributed by atoms with Gasteiger partial charge < -0.3 is 15.0 Å². The van der Waals surface area contributed by atoms with Gasteiger partial charge in [0.25, 0.3) is 0 Å². The number of hydrogen-bond donors (Lipinski definition) is 1. The second-order valence-electron chi connectivity index (χ2n) is 4.35. The lowest BCUT2D eigenvalue weighted by Crippen LogP contribution is -2.39. The molecule has 2 amide bonds. The molecule has 86 valence electrons. The fourth-order valence-corrected chi connectivity index (χ4v) is 2.24. The number of ether oxygens (including phenoxy) is 1. The largest absolute Gasteiger partial charge is 0.378 e. The molecule has 2 aliphatic rings. The number of carbonyl (C=O) groups is 1. The zero-order valence-electron chi connectivity index (χ0n) is 9.21. The molecule has 0 aromatic carbocycles. The Morgan fingerprint density at radius 1 is 1.33 bits per heavy atom. The van der Waals surface area contributed by atoms with Gasteiger partial charge in [0.05, 0.1) is 6.10 Å². The first-order valence-electron chi connectivity index (χ1n) is 6.00. The van der Waals surface area contributed by atoms with Gasteiger partial charge in [0, 0.05) is 26.2 Å². The molecule has 0 aromatic rings. The van der Waals surface area contributed by atoms with Gasteiger partial charge in [0.2, 0.25) is 0 Å². The van der Waals surface area contributed by atoms with Crippen molar-refractivity contribution in [2.24, 2.45) is 0 Å². The standard InChI is InChI=1S/C11H20N2O2/c14-11(13-7-1-2-8-13)12-6-5-10-4-3-9-15-10/h10H,1-9H2,(H,12,14). The number of amides is 2. The summed E-state index contributed by atoms with van der Waals surface area (Å²) in [5.41, 5.74) is 0. The van der Waals surface area contributed by atoms with Crippen molar-refractivity contribution in [3.05, 3.63) is 0 Å². The number of urea groups is 1. The average molecular weight is 212 g/mol. The Labute approximate surface area is 91.0 Å². The van der Waals surface area contributed by atoms with Gasteiger partial charge in [-0.25, -0.2) is 4.79 Å². The predicted molar refractivity (Wildman–Crippen MR) is 57.8 cm³/mol. The van der Waals surface area contributed by atoms with Crippen molar-refractivity contribution in [1.29, 1.82) is 0 Å². The fourth-order valence-electron chi connectivity index (χ4n) is 2.24. The number of carbonyl (C=O) groups excluding carboxylic acids is 1. The normalized spacial score (nSPS) is 25.9. The molecular weight excluding hydrogens is 192 g/mol. The highest BCUT2D eigenvalue weighted by Gasteiger charge is 2.19. The van der Waals surface area contributed by atoms with E-state index in [0.717, 1.165) is 51.9 Å². The van der Waals surface area contributed by atoms with Crippen LogP contribution in [0.25, 0.3) is 0 Å². The maximum atomic E-state index is 11.6. The summed E-state index contributed by atoms with van der Waals surface area (Å²) >= 11 is 0. The first-order chi connectivity index (χ1) is 7.36. The molecule has 0 radical (unpaired) electrons. The number of nitrogens with zero attached hydrogens (tertiary/aromatic N) is 1. The number of likely N-dealkylation sites (tertiary alicyclic amines) is 1. The molecular formula is C11H20N2O2. The van der Waals surface area contributed by atoms with Crippen LogP contribution in [0.4, 0.5) is 4.79 Å². The van der Waals surface area contributed by atoms with Gasteiger partial charge in [0.1, 0.15) is 0 Å². The maximum absolute atomic E-state index is 11.6. The van der Waals surface area contributed by atoms with Crippen molar-refractivity contribution in [3.63, 3.8) is 0 Å². The smallest absolute Gasteiger partial charge is 0.317 e. The second kappa shape index (κ2) is 5.35. The summed E-state index contributed by atoms with van der Waals surface area (Å²) in [4.78, 5) is 13.5. The first-order valence-corrected chi connectivity index (χ1v) is 6.00. The molecule has 0 spiro atoms. The zero-order valence-corrected chi connectivity index (χ0v) is 9.21. The zero-order chi connectivity index (χ0) is 10.5. The second-order valence-corrected chi connectivity index (χ2v) is 4.35. The van der Waals surface area contributed by atoms with Crippen molar-refractivity contribution in [3.8, 4) is 0 Å². The third-order valence-corrected chi connectivity index (χ3v) is 3.16. The van der Waals surface area contributed by atoms with Crippen LogP contribution in [-0.4, -0.2) is 43.3 Å². The van der Waals surface area contributed by atoms with Crippen LogP contribution in [0.15, 0.2) is 0 Å². The summed E-state index contributed by atoms with van der Waals surface area (Å²) in [6.45, 7) is 3.49. The highest BCUT2D eigenvalue weighted by atomic mass is 16.5. The quantitative estimate of drug-likeness (QED) is 0.767. The number of hydrogen-bond acceptors (Lipinski definition) is 2. The maximum Gasteiger partial charge on any atom is 0.317 e. The molecule has 1 atom stereocenters. The minimum absolute atomic E-state index is 0.102. The lowest BCUT2D eigenvalue weighted by Gasteiger charge is -2.17. The molecule has 2 aliphatic heterocycles. The molecule has 1 unspecified atom stereocenters.